The second kappa shape index (κ2) is 4.07. The molecule has 0 aliphatic rings. The van der Waals surface area contributed by atoms with Gasteiger partial charge in [-0.3, -0.25) is 0 Å². The molecule has 0 N–H and O–H groups in total. The Kier molecular flexibility index (Phi) is 2.78. The molecule has 1 heterocycles. The van der Waals surface area contributed by atoms with Crippen LogP contribution in [0.1, 0.15) is 25.5 Å². The number of hydrogen-bond donors (Lipinski definition) is 0. The zero-order valence-corrected chi connectivity index (χ0v) is 9.45. The third kappa shape index (κ3) is 2.21. The van der Waals surface area contributed by atoms with Gasteiger partial charge in [0.1, 0.15) is 5.76 Å². The van der Waals surface area contributed by atoms with Gasteiger partial charge in [0.15, 0.2) is 0 Å². The lowest BCUT2D eigenvalue weighted by Crippen LogP contribution is -1.80. The van der Waals surface area contributed by atoms with E-state index in [1.165, 1.54) is 0 Å². The Labute approximate surface area is 93.9 Å². The monoisotopic (exact) mass is 221 g/mol. The zero-order chi connectivity index (χ0) is 10.8. The number of halogens is 1. The van der Waals surface area contributed by atoms with Gasteiger partial charge in [-0.25, -0.2) is 4.98 Å². The molecule has 0 bridgehead atoms. The Bertz CT molecular complexity index is 445. The summed E-state index contributed by atoms with van der Waals surface area (Å²) in [6.07, 6.45) is 1.77. The van der Waals surface area contributed by atoms with Gasteiger partial charge in [0, 0.05) is 16.5 Å². The third-order valence-electron chi connectivity index (χ3n) is 2.18. The van der Waals surface area contributed by atoms with Crippen LogP contribution >= 0.6 is 11.6 Å². The minimum Gasteiger partial charge on any atom is -0.441 e. The van der Waals surface area contributed by atoms with E-state index in [4.69, 9.17) is 16.0 Å². The van der Waals surface area contributed by atoms with E-state index < -0.39 is 0 Å². The van der Waals surface area contributed by atoms with Crippen molar-refractivity contribution >= 4 is 11.6 Å². The van der Waals surface area contributed by atoms with E-state index in [-0.39, 0.29) is 0 Å². The molecule has 2 nitrogen and oxygen atoms in total. The molecule has 2 rings (SSSR count). The Morgan fingerprint density at radius 2 is 1.87 bits per heavy atom. The van der Waals surface area contributed by atoms with Crippen molar-refractivity contribution in [2.24, 2.45) is 0 Å². The number of hydrogen-bond acceptors (Lipinski definition) is 2. The van der Waals surface area contributed by atoms with Gasteiger partial charge in [-0.15, -0.1) is 0 Å². The average Bonchev–Trinajstić information content (AvgIpc) is 2.68. The van der Waals surface area contributed by atoms with Crippen LogP contribution in [-0.4, -0.2) is 4.98 Å². The van der Waals surface area contributed by atoms with Crippen LogP contribution in [0.3, 0.4) is 0 Å². The first-order valence-electron chi connectivity index (χ1n) is 4.88. The fourth-order valence-electron chi connectivity index (χ4n) is 1.28. The van der Waals surface area contributed by atoms with Crippen LogP contribution in [0.4, 0.5) is 0 Å². The number of benzene rings is 1. The van der Waals surface area contributed by atoms with E-state index in [9.17, 15) is 0 Å². The van der Waals surface area contributed by atoms with Crippen molar-refractivity contribution in [3.8, 4) is 11.5 Å². The molecule has 0 spiro atoms. The van der Waals surface area contributed by atoms with E-state index in [1.54, 1.807) is 6.20 Å². The van der Waals surface area contributed by atoms with Crippen LogP contribution < -0.4 is 0 Å². The van der Waals surface area contributed by atoms with Gasteiger partial charge in [-0.2, -0.15) is 0 Å². The maximum absolute atomic E-state index is 5.80. The molecule has 0 amide bonds. The molecule has 0 atom stereocenters. The molecule has 1 aromatic carbocycles. The van der Waals surface area contributed by atoms with E-state index in [0.717, 1.165) is 16.3 Å². The van der Waals surface area contributed by atoms with Gasteiger partial charge in [0.2, 0.25) is 5.89 Å². The van der Waals surface area contributed by atoms with E-state index in [2.05, 4.69) is 18.8 Å². The minimum atomic E-state index is 0.360. The predicted octanol–water partition coefficient (Wildman–Crippen LogP) is 4.12. The summed E-state index contributed by atoms with van der Waals surface area (Å²) in [5.41, 5.74) is 0.950. The van der Waals surface area contributed by atoms with Crippen LogP contribution in [-0.2, 0) is 0 Å². The van der Waals surface area contributed by atoms with E-state index in [0.29, 0.717) is 11.8 Å². The molecule has 1 aromatic heterocycles. The lowest BCUT2D eigenvalue weighted by atomic mass is 10.2. The van der Waals surface area contributed by atoms with Crippen LogP contribution in [0.2, 0.25) is 5.02 Å². The lowest BCUT2D eigenvalue weighted by molar-refractivity contribution is 0.495. The molecule has 0 fully saturated rings. The van der Waals surface area contributed by atoms with Crippen LogP contribution in [0.25, 0.3) is 11.5 Å². The maximum Gasteiger partial charge on any atom is 0.226 e. The number of nitrogens with zero attached hydrogens (tertiary/aromatic N) is 1. The minimum absolute atomic E-state index is 0.360. The number of oxazole rings is 1. The third-order valence-corrected chi connectivity index (χ3v) is 2.44. The van der Waals surface area contributed by atoms with E-state index in [1.807, 2.05) is 24.3 Å². The van der Waals surface area contributed by atoms with Gasteiger partial charge in [-0.05, 0) is 24.3 Å². The molecule has 78 valence electrons. The highest BCUT2D eigenvalue weighted by atomic mass is 35.5. The van der Waals surface area contributed by atoms with Crippen molar-refractivity contribution < 1.29 is 4.42 Å². The topological polar surface area (TPSA) is 26.0 Å². The van der Waals surface area contributed by atoms with Gasteiger partial charge >= 0.3 is 0 Å². The highest BCUT2D eigenvalue weighted by Crippen LogP contribution is 2.24. The Morgan fingerprint density at radius 1 is 1.20 bits per heavy atom. The van der Waals surface area contributed by atoms with Gasteiger partial charge in [0.25, 0.3) is 0 Å². The van der Waals surface area contributed by atoms with Crippen molar-refractivity contribution in [2.75, 3.05) is 0 Å². The smallest absolute Gasteiger partial charge is 0.226 e. The van der Waals surface area contributed by atoms with Crippen molar-refractivity contribution in [3.05, 3.63) is 41.2 Å². The second-order valence-corrected chi connectivity index (χ2v) is 4.17. The molecular weight excluding hydrogens is 210 g/mol. The fourth-order valence-corrected chi connectivity index (χ4v) is 1.41. The number of aromatic nitrogens is 1. The van der Waals surface area contributed by atoms with Crippen LogP contribution in [0.5, 0.6) is 0 Å². The standard InChI is InChI=1S/C12H12ClNO/c1-8(2)11-7-14-12(15-11)9-3-5-10(13)6-4-9/h3-8H,1-2H3. The predicted molar refractivity (Wildman–Crippen MR) is 61.0 cm³/mol. The summed E-state index contributed by atoms with van der Waals surface area (Å²) in [5.74, 6) is 1.91. The quantitative estimate of drug-likeness (QED) is 0.763. The average molecular weight is 222 g/mol. The molecule has 15 heavy (non-hydrogen) atoms. The Morgan fingerprint density at radius 3 is 2.40 bits per heavy atom. The van der Waals surface area contributed by atoms with Gasteiger partial charge in [-0.1, -0.05) is 25.4 Å². The van der Waals surface area contributed by atoms with E-state index >= 15 is 0 Å². The molecular formula is C12H12ClNO. The second-order valence-electron chi connectivity index (χ2n) is 3.73. The Balaban J connectivity index is 2.33. The summed E-state index contributed by atoms with van der Waals surface area (Å²) in [7, 11) is 0. The largest absolute Gasteiger partial charge is 0.441 e. The van der Waals surface area contributed by atoms with Crippen molar-refractivity contribution in [1.82, 2.24) is 4.98 Å². The van der Waals surface area contributed by atoms with Gasteiger partial charge in [0.05, 0.1) is 6.20 Å². The summed E-state index contributed by atoms with van der Waals surface area (Å²) < 4.78 is 5.62. The lowest BCUT2D eigenvalue weighted by Gasteiger charge is -1.98. The SMILES string of the molecule is CC(C)c1cnc(-c2ccc(Cl)cc2)o1. The molecule has 2 aromatic rings. The molecule has 0 saturated heterocycles. The highest BCUT2D eigenvalue weighted by Gasteiger charge is 2.08. The summed E-state index contributed by atoms with van der Waals surface area (Å²) in [5, 5.41) is 0.717. The first-order valence-corrected chi connectivity index (χ1v) is 5.26. The summed E-state index contributed by atoms with van der Waals surface area (Å²) in [4.78, 5) is 4.23. The summed E-state index contributed by atoms with van der Waals surface area (Å²) in [6, 6.07) is 7.46. The summed E-state index contributed by atoms with van der Waals surface area (Å²) in [6.45, 7) is 4.15. The highest BCUT2D eigenvalue weighted by molar-refractivity contribution is 6.30. The van der Waals surface area contributed by atoms with Crippen LogP contribution in [0.15, 0.2) is 34.9 Å². The zero-order valence-electron chi connectivity index (χ0n) is 8.70. The first kappa shape index (κ1) is 10.2. The fraction of sp³-hybridized carbons (Fsp3) is 0.250. The molecule has 3 heteroatoms. The molecule has 0 radical (unpaired) electrons. The van der Waals surface area contributed by atoms with Crippen molar-refractivity contribution in [3.63, 3.8) is 0 Å². The molecule has 0 aliphatic heterocycles. The normalized spacial score (nSPS) is 10.9. The molecule has 0 saturated carbocycles. The van der Waals surface area contributed by atoms with Crippen LogP contribution in [0, 0.1) is 0 Å². The maximum atomic E-state index is 5.80. The molecule has 0 aliphatic carbocycles. The molecule has 0 unspecified atom stereocenters. The van der Waals surface area contributed by atoms with Crippen molar-refractivity contribution in [2.45, 2.75) is 19.8 Å². The first-order chi connectivity index (χ1) is 7.16. The van der Waals surface area contributed by atoms with Crippen molar-refractivity contribution in [1.29, 1.82) is 0 Å². The number of rotatable bonds is 2. The summed E-state index contributed by atoms with van der Waals surface area (Å²) >= 11 is 5.80. The van der Waals surface area contributed by atoms with Gasteiger partial charge < -0.3 is 4.42 Å². The Hall–Kier alpha value is -1.28.